The normalized spacial score (nSPS) is 21.4. The number of aliphatic hydroxyl groups is 1. The average Bonchev–Trinajstić information content (AvgIpc) is 2.82. The molecular formula is C14H16ClFN2O4. The number of amides is 1. The Morgan fingerprint density at radius 1 is 1.45 bits per heavy atom. The molecule has 120 valence electrons. The summed E-state index contributed by atoms with van der Waals surface area (Å²) in [5.74, 6) is -2.20. The van der Waals surface area contributed by atoms with Gasteiger partial charge in [-0.3, -0.25) is 14.5 Å². The molecule has 6 nitrogen and oxygen atoms in total. The molecule has 2 rings (SSSR count). The molecule has 22 heavy (non-hydrogen) atoms. The first kappa shape index (κ1) is 16.7. The maximum atomic E-state index is 13.4. The molecule has 1 aromatic rings. The summed E-state index contributed by atoms with van der Waals surface area (Å²) in [4.78, 5) is 25.9. The second-order valence-corrected chi connectivity index (χ2v) is 5.63. The van der Waals surface area contributed by atoms with Crippen molar-refractivity contribution in [3.05, 3.63) is 34.6 Å². The van der Waals surface area contributed by atoms with Gasteiger partial charge in [0.25, 0.3) is 5.91 Å². The molecule has 0 unspecified atom stereocenters. The highest BCUT2D eigenvalue weighted by atomic mass is 35.5. The number of carbonyl (C=O) groups is 2. The Labute approximate surface area is 131 Å². The number of likely N-dealkylation sites (N-methyl/N-ethyl adjacent to an activating group) is 1. The second-order valence-electron chi connectivity index (χ2n) is 5.26. The van der Waals surface area contributed by atoms with Crippen molar-refractivity contribution in [3.8, 4) is 0 Å². The van der Waals surface area contributed by atoms with Crippen molar-refractivity contribution in [2.75, 3.05) is 26.7 Å². The molecule has 8 heteroatoms. The van der Waals surface area contributed by atoms with Crippen molar-refractivity contribution in [1.82, 2.24) is 9.80 Å². The van der Waals surface area contributed by atoms with E-state index < -0.39 is 29.8 Å². The van der Waals surface area contributed by atoms with E-state index in [1.165, 1.54) is 21.9 Å². The molecule has 1 saturated heterocycles. The number of nitrogens with zero attached hydrogens (tertiary/aromatic N) is 2. The van der Waals surface area contributed by atoms with Gasteiger partial charge in [0, 0.05) is 13.1 Å². The van der Waals surface area contributed by atoms with Crippen LogP contribution < -0.4 is 0 Å². The zero-order valence-electron chi connectivity index (χ0n) is 11.9. The van der Waals surface area contributed by atoms with Crippen LogP contribution in [0.5, 0.6) is 0 Å². The third-order valence-electron chi connectivity index (χ3n) is 3.68. The first-order valence-electron chi connectivity index (χ1n) is 6.64. The zero-order valence-corrected chi connectivity index (χ0v) is 12.6. The molecule has 0 aromatic heterocycles. The van der Waals surface area contributed by atoms with Crippen LogP contribution in [0.2, 0.25) is 5.02 Å². The first-order chi connectivity index (χ1) is 10.3. The predicted octanol–water partition coefficient (Wildman–Crippen LogP) is 0.681. The number of benzene rings is 1. The molecule has 2 atom stereocenters. The smallest absolute Gasteiger partial charge is 0.317 e. The molecule has 0 radical (unpaired) electrons. The average molecular weight is 331 g/mol. The molecule has 1 aliphatic rings. The van der Waals surface area contributed by atoms with E-state index in [1.54, 1.807) is 7.05 Å². The number of hydrogen-bond acceptors (Lipinski definition) is 4. The monoisotopic (exact) mass is 330 g/mol. The summed E-state index contributed by atoms with van der Waals surface area (Å²) in [6.07, 6.45) is -0.874. The highest BCUT2D eigenvalue weighted by molar-refractivity contribution is 6.34. The fraction of sp³-hybridized carbons (Fsp3) is 0.429. The van der Waals surface area contributed by atoms with Gasteiger partial charge in [0.05, 0.1) is 29.3 Å². The Bertz CT molecular complexity index is 598. The molecule has 1 amide bonds. The van der Waals surface area contributed by atoms with E-state index in [1.807, 2.05) is 0 Å². The van der Waals surface area contributed by atoms with Crippen LogP contribution in [0.25, 0.3) is 0 Å². The lowest BCUT2D eigenvalue weighted by Crippen LogP contribution is -2.43. The Hall–Kier alpha value is -1.70. The van der Waals surface area contributed by atoms with E-state index in [2.05, 4.69) is 0 Å². The lowest BCUT2D eigenvalue weighted by atomic mass is 10.2. The molecule has 1 heterocycles. The van der Waals surface area contributed by atoms with E-state index in [0.29, 0.717) is 0 Å². The quantitative estimate of drug-likeness (QED) is 0.848. The number of carboxylic acids is 1. The van der Waals surface area contributed by atoms with Gasteiger partial charge >= 0.3 is 5.97 Å². The number of carbonyl (C=O) groups excluding carboxylic acids is 1. The van der Waals surface area contributed by atoms with Gasteiger partial charge in [0.1, 0.15) is 5.82 Å². The molecule has 0 saturated carbocycles. The van der Waals surface area contributed by atoms with Gasteiger partial charge in [0.2, 0.25) is 0 Å². The molecule has 0 aliphatic carbocycles. The topological polar surface area (TPSA) is 81.1 Å². The molecule has 0 spiro atoms. The third kappa shape index (κ3) is 3.37. The predicted molar refractivity (Wildman–Crippen MR) is 77.4 cm³/mol. The van der Waals surface area contributed by atoms with Crippen LogP contribution in [0, 0.1) is 5.82 Å². The Kier molecular flexibility index (Phi) is 5.00. The lowest BCUT2D eigenvalue weighted by molar-refractivity contribution is -0.138. The van der Waals surface area contributed by atoms with Crippen LogP contribution in [-0.2, 0) is 4.79 Å². The van der Waals surface area contributed by atoms with Crippen molar-refractivity contribution < 1.29 is 24.2 Å². The summed E-state index contributed by atoms with van der Waals surface area (Å²) < 4.78 is 13.4. The van der Waals surface area contributed by atoms with Gasteiger partial charge in [-0.15, -0.1) is 0 Å². The third-order valence-corrected chi connectivity index (χ3v) is 4.06. The number of aliphatic carboxylic acids is 1. The van der Waals surface area contributed by atoms with Crippen LogP contribution in [-0.4, -0.2) is 70.7 Å². The maximum Gasteiger partial charge on any atom is 0.317 e. The first-order valence-corrected chi connectivity index (χ1v) is 7.02. The van der Waals surface area contributed by atoms with Crippen LogP contribution >= 0.6 is 11.6 Å². The fourth-order valence-electron chi connectivity index (χ4n) is 2.54. The summed E-state index contributed by atoms with van der Waals surface area (Å²) in [6, 6.07) is 3.46. The molecule has 0 bridgehead atoms. The SMILES string of the molecule is CN(CC(=O)O)[C@H]1CN(C(=O)c2cccc(F)c2Cl)C[C@H]1O. The number of β-amino-alcohol motifs (C(OH)–C–C–N with tert-alkyl or cyclic N) is 1. The molecule has 1 fully saturated rings. The molecular weight excluding hydrogens is 315 g/mol. The van der Waals surface area contributed by atoms with E-state index in [9.17, 15) is 19.1 Å². The van der Waals surface area contributed by atoms with Gasteiger partial charge in [0.15, 0.2) is 0 Å². The summed E-state index contributed by atoms with van der Waals surface area (Å²) in [6.45, 7) is -0.0542. The van der Waals surface area contributed by atoms with E-state index in [0.717, 1.165) is 6.07 Å². The minimum absolute atomic E-state index is 0.0235. The van der Waals surface area contributed by atoms with Gasteiger partial charge < -0.3 is 15.1 Å². The summed E-state index contributed by atoms with van der Waals surface area (Å²) in [7, 11) is 1.56. The van der Waals surface area contributed by atoms with Gasteiger partial charge in [-0.05, 0) is 19.2 Å². The maximum absolute atomic E-state index is 13.4. The van der Waals surface area contributed by atoms with E-state index >= 15 is 0 Å². The molecule has 1 aromatic carbocycles. The number of rotatable bonds is 4. The fourth-order valence-corrected chi connectivity index (χ4v) is 2.75. The lowest BCUT2D eigenvalue weighted by Gasteiger charge is -2.24. The highest BCUT2D eigenvalue weighted by Crippen LogP contribution is 2.24. The highest BCUT2D eigenvalue weighted by Gasteiger charge is 2.37. The number of halogens is 2. The summed E-state index contributed by atoms with van der Waals surface area (Å²) >= 11 is 5.80. The molecule has 2 N–H and O–H groups in total. The van der Waals surface area contributed by atoms with Crippen LogP contribution in [0.3, 0.4) is 0 Å². The van der Waals surface area contributed by atoms with Crippen molar-refractivity contribution in [1.29, 1.82) is 0 Å². The largest absolute Gasteiger partial charge is 0.480 e. The van der Waals surface area contributed by atoms with Crippen molar-refractivity contribution >= 4 is 23.5 Å². The summed E-state index contributed by atoms with van der Waals surface area (Å²) in [5, 5.41) is 18.6. The Balaban J connectivity index is 2.13. The van der Waals surface area contributed by atoms with E-state index in [-0.39, 0.29) is 30.2 Å². The number of likely N-dealkylation sites (tertiary alicyclic amines) is 1. The number of hydrogen-bond donors (Lipinski definition) is 2. The van der Waals surface area contributed by atoms with Crippen molar-refractivity contribution in [2.24, 2.45) is 0 Å². The Morgan fingerprint density at radius 2 is 2.14 bits per heavy atom. The van der Waals surface area contributed by atoms with Crippen LogP contribution in [0.15, 0.2) is 18.2 Å². The van der Waals surface area contributed by atoms with Crippen molar-refractivity contribution in [3.63, 3.8) is 0 Å². The number of carboxylic acid groups (broad SMARTS) is 1. The van der Waals surface area contributed by atoms with Gasteiger partial charge in [-0.1, -0.05) is 17.7 Å². The van der Waals surface area contributed by atoms with E-state index in [4.69, 9.17) is 16.7 Å². The van der Waals surface area contributed by atoms with Crippen LogP contribution in [0.1, 0.15) is 10.4 Å². The van der Waals surface area contributed by atoms with Crippen LogP contribution in [0.4, 0.5) is 4.39 Å². The second kappa shape index (κ2) is 6.60. The Morgan fingerprint density at radius 3 is 2.77 bits per heavy atom. The molecule has 1 aliphatic heterocycles. The van der Waals surface area contributed by atoms with Gasteiger partial charge in [-0.2, -0.15) is 0 Å². The minimum Gasteiger partial charge on any atom is -0.480 e. The zero-order chi connectivity index (χ0) is 16.4. The summed E-state index contributed by atoms with van der Waals surface area (Å²) in [5.41, 5.74) is 0.0235. The van der Waals surface area contributed by atoms with Gasteiger partial charge in [-0.25, -0.2) is 4.39 Å². The standard InChI is InChI=1S/C14H16ClFN2O4/c1-17(7-12(20)21)10-5-18(6-11(10)19)14(22)8-3-2-4-9(16)13(8)15/h2-4,10-11,19H,5-7H2,1H3,(H,20,21)/t10-,11+/m0/s1. The van der Waals surface area contributed by atoms with Crippen molar-refractivity contribution in [2.45, 2.75) is 12.1 Å². The number of aliphatic hydroxyl groups excluding tert-OH is 1. The minimum atomic E-state index is -1.02.